The van der Waals surface area contributed by atoms with Crippen molar-refractivity contribution in [3.05, 3.63) is 12.2 Å². The topological polar surface area (TPSA) is 92.2 Å². The Morgan fingerprint density at radius 1 is 1.35 bits per heavy atom. The number of carbonyl (C=O) groups is 2. The van der Waals surface area contributed by atoms with Gasteiger partial charge in [0.25, 0.3) is 0 Å². The first-order valence-corrected chi connectivity index (χ1v) is 8.32. The molecule has 0 bridgehead atoms. The van der Waals surface area contributed by atoms with Gasteiger partial charge in [-0.25, -0.2) is 4.79 Å². The summed E-state index contributed by atoms with van der Waals surface area (Å²) in [5.41, 5.74) is 0. The van der Waals surface area contributed by atoms with Crippen molar-refractivity contribution in [2.75, 3.05) is 19.6 Å². The van der Waals surface area contributed by atoms with Gasteiger partial charge in [-0.2, -0.15) is 0 Å². The second-order valence-electron chi connectivity index (χ2n) is 6.37. The number of hydrogen-bond acceptors (Lipinski definition) is 4. The molecule has 3 rings (SSSR count). The Kier molecular flexibility index (Phi) is 4.78. The maximum absolute atomic E-state index is 12.5. The van der Waals surface area contributed by atoms with Crippen molar-refractivity contribution in [2.24, 2.45) is 7.05 Å². The fourth-order valence-electron chi connectivity index (χ4n) is 3.35. The van der Waals surface area contributed by atoms with E-state index in [-0.39, 0.29) is 17.9 Å². The monoisotopic (exact) mass is 320 g/mol. The van der Waals surface area contributed by atoms with Crippen LogP contribution < -0.4 is 10.6 Å². The van der Waals surface area contributed by atoms with Crippen LogP contribution in [0.1, 0.15) is 43.8 Å². The van der Waals surface area contributed by atoms with Gasteiger partial charge in [0, 0.05) is 32.6 Å². The Morgan fingerprint density at radius 2 is 2.22 bits per heavy atom. The molecule has 23 heavy (non-hydrogen) atoms. The van der Waals surface area contributed by atoms with Gasteiger partial charge in [0.05, 0.1) is 0 Å². The number of nitrogens with one attached hydrogen (secondary N) is 2. The van der Waals surface area contributed by atoms with Gasteiger partial charge in [0.1, 0.15) is 18.2 Å². The second-order valence-corrected chi connectivity index (χ2v) is 6.37. The highest BCUT2D eigenvalue weighted by atomic mass is 16.2. The summed E-state index contributed by atoms with van der Waals surface area (Å²) in [6.07, 6.45) is 6.24. The summed E-state index contributed by atoms with van der Waals surface area (Å²) in [4.78, 5) is 26.3. The van der Waals surface area contributed by atoms with Crippen LogP contribution in [0, 0.1) is 0 Å². The molecule has 0 saturated carbocycles. The lowest BCUT2D eigenvalue weighted by molar-refractivity contribution is -0.122. The van der Waals surface area contributed by atoms with E-state index in [1.807, 2.05) is 11.6 Å². The van der Waals surface area contributed by atoms with Crippen LogP contribution in [0.15, 0.2) is 6.33 Å². The number of hydrogen-bond donors (Lipinski definition) is 2. The summed E-state index contributed by atoms with van der Waals surface area (Å²) in [6.45, 7) is 2.03. The Hall–Kier alpha value is -2.12. The quantitative estimate of drug-likeness (QED) is 0.823. The molecule has 2 fully saturated rings. The molecule has 126 valence electrons. The first kappa shape index (κ1) is 15.8. The van der Waals surface area contributed by atoms with E-state index >= 15 is 0 Å². The predicted molar refractivity (Wildman–Crippen MR) is 83.7 cm³/mol. The molecule has 2 aliphatic rings. The smallest absolute Gasteiger partial charge is 0.318 e. The van der Waals surface area contributed by atoms with Crippen molar-refractivity contribution in [3.8, 4) is 0 Å². The predicted octanol–water partition coefficient (Wildman–Crippen LogP) is 0.373. The maximum Gasteiger partial charge on any atom is 0.318 e. The third-order valence-electron chi connectivity index (χ3n) is 4.65. The Labute approximate surface area is 135 Å². The van der Waals surface area contributed by atoms with Gasteiger partial charge in [0.15, 0.2) is 0 Å². The van der Waals surface area contributed by atoms with Crippen molar-refractivity contribution in [3.63, 3.8) is 0 Å². The molecule has 2 unspecified atom stereocenters. The number of rotatable bonds is 2. The molecule has 0 aromatic carbocycles. The number of urea groups is 1. The summed E-state index contributed by atoms with van der Waals surface area (Å²) in [5, 5.41) is 13.8. The van der Waals surface area contributed by atoms with Crippen molar-refractivity contribution < 1.29 is 9.59 Å². The lowest BCUT2D eigenvalue weighted by Crippen LogP contribution is -2.52. The minimum atomic E-state index is -0.416. The van der Waals surface area contributed by atoms with Crippen LogP contribution in [0.3, 0.4) is 0 Å². The van der Waals surface area contributed by atoms with E-state index in [4.69, 9.17) is 0 Å². The summed E-state index contributed by atoms with van der Waals surface area (Å²) in [5.74, 6) is 1.04. The molecule has 3 amide bonds. The first-order valence-electron chi connectivity index (χ1n) is 8.32. The fraction of sp³-hybridized carbons (Fsp3) is 0.733. The molecule has 2 aliphatic heterocycles. The molecule has 0 aliphatic carbocycles. The SMILES string of the molecule is Cn1cnnc1C1CCCN(C(=O)NC2CCCCNC2=O)C1. The van der Waals surface area contributed by atoms with Crippen molar-refractivity contribution in [1.29, 1.82) is 0 Å². The molecule has 8 nitrogen and oxygen atoms in total. The molecule has 2 N–H and O–H groups in total. The first-order chi connectivity index (χ1) is 11.1. The molecule has 3 heterocycles. The van der Waals surface area contributed by atoms with Crippen LogP contribution in [-0.2, 0) is 11.8 Å². The minimum absolute atomic E-state index is 0.0716. The van der Waals surface area contributed by atoms with Gasteiger partial charge < -0.3 is 20.1 Å². The molecule has 1 aromatic heterocycles. The molecule has 0 radical (unpaired) electrons. The van der Waals surface area contributed by atoms with E-state index in [1.165, 1.54) is 0 Å². The van der Waals surface area contributed by atoms with Crippen LogP contribution >= 0.6 is 0 Å². The fourth-order valence-corrected chi connectivity index (χ4v) is 3.35. The van der Waals surface area contributed by atoms with Gasteiger partial charge in [-0.15, -0.1) is 10.2 Å². The van der Waals surface area contributed by atoms with E-state index in [9.17, 15) is 9.59 Å². The highest BCUT2D eigenvalue weighted by molar-refractivity contribution is 5.87. The van der Waals surface area contributed by atoms with E-state index in [1.54, 1.807) is 11.2 Å². The molecule has 8 heteroatoms. The van der Waals surface area contributed by atoms with Crippen molar-refractivity contribution in [1.82, 2.24) is 30.3 Å². The Balaban J connectivity index is 1.60. The number of piperidine rings is 1. The van der Waals surface area contributed by atoms with E-state index in [0.717, 1.165) is 31.5 Å². The highest BCUT2D eigenvalue weighted by Crippen LogP contribution is 2.25. The van der Waals surface area contributed by atoms with Crippen molar-refractivity contribution in [2.45, 2.75) is 44.1 Å². The third-order valence-corrected chi connectivity index (χ3v) is 4.65. The standard InChI is InChI=1S/C15H24N6O2/c1-20-10-17-19-13(20)11-5-4-8-21(9-11)15(23)18-12-6-2-3-7-16-14(12)22/h10-12H,2-9H2,1H3,(H,16,22)(H,18,23). The maximum atomic E-state index is 12.5. The van der Waals surface area contributed by atoms with Gasteiger partial charge in [-0.3, -0.25) is 4.79 Å². The minimum Gasteiger partial charge on any atom is -0.354 e. The van der Waals surface area contributed by atoms with Crippen LogP contribution in [0.25, 0.3) is 0 Å². The summed E-state index contributed by atoms with van der Waals surface area (Å²) in [6, 6.07) is -0.570. The van der Waals surface area contributed by atoms with E-state index in [0.29, 0.717) is 26.1 Å². The summed E-state index contributed by atoms with van der Waals surface area (Å²) >= 11 is 0. The van der Waals surface area contributed by atoms with E-state index in [2.05, 4.69) is 20.8 Å². The number of likely N-dealkylation sites (tertiary alicyclic amines) is 1. The van der Waals surface area contributed by atoms with Crippen LogP contribution in [0.2, 0.25) is 0 Å². The molecule has 0 spiro atoms. The Morgan fingerprint density at radius 3 is 3.00 bits per heavy atom. The average Bonchev–Trinajstić information content (AvgIpc) is 2.89. The lowest BCUT2D eigenvalue weighted by Gasteiger charge is -2.33. The Bertz CT molecular complexity index is 572. The zero-order chi connectivity index (χ0) is 16.2. The zero-order valence-electron chi connectivity index (χ0n) is 13.5. The molecular formula is C15H24N6O2. The van der Waals surface area contributed by atoms with Crippen LogP contribution in [0.5, 0.6) is 0 Å². The number of aromatic nitrogens is 3. The summed E-state index contributed by atoms with van der Waals surface area (Å²) < 4.78 is 1.91. The summed E-state index contributed by atoms with van der Waals surface area (Å²) in [7, 11) is 1.92. The largest absolute Gasteiger partial charge is 0.354 e. The van der Waals surface area contributed by atoms with Gasteiger partial charge in [0.2, 0.25) is 5.91 Å². The van der Waals surface area contributed by atoms with Gasteiger partial charge >= 0.3 is 6.03 Å². The molecular weight excluding hydrogens is 296 g/mol. The van der Waals surface area contributed by atoms with Gasteiger partial charge in [-0.1, -0.05) is 0 Å². The molecule has 1 aromatic rings. The lowest BCUT2D eigenvalue weighted by atomic mass is 9.97. The molecule has 2 atom stereocenters. The van der Waals surface area contributed by atoms with Crippen LogP contribution in [-0.4, -0.2) is 57.3 Å². The van der Waals surface area contributed by atoms with Gasteiger partial charge in [-0.05, 0) is 32.1 Å². The number of aryl methyl sites for hydroxylation is 1. The van der Waals surface area contributed by atoms with Crippen LogP contribution in [0.4, 0.5) is 4.79 Å². The normalized spacial score (nSPS) is 25.6. The molecule has 2 saturated heterocycles. The number of nitrogens with zero attached hydrogens (tertiary/aromatic N) is 4. The number of amides is 3. The van der Waals surface area contributed by atoms with E-state index < -0.39 is 6.04 Å². The highest BCUT2D eigenvalue weighted by Gasteiger charge is 2.30. The zero-order valence-corrected chi connectivity index (χ0v) is 13.5. The third kappa shape index (κ3) is 3.62. The average molecular weight is 320 g/mol. The second kappa shape index (κ2) is 6.97. The number of carbonyl (C=O) groups excluding carboxylic acids is 2. The van der Waals surface area contributed by atoms with Crippen molar-refractivity contribution >= 4 is 11.9 Å².